The lowest BCUT2D eigenvalue weighted by Crippen LogP contribution is -2.29. The summed E-state index contributed by atoms with van der Waals surface area (Å²) in [7, 11) is -3.70. The van der Waals surface area contributed by atoms with E-state index < -0.39 is 21.9 Å². The van der Waals surface area contributed by atoms with E-state index in [-0.39, 0.29) is 23.7 Å². The summed E-state index contributed by atoms with van der Waals surface area (Å²) in [5.74, 6) is -0.485. The van der Waals surface area contributed by atoms with E-state index in [0.29, 0.717) is 6.42 Å². The Morgan fingerprint density at radius 3 is 2.76 bits per heavy atom. The number of halogens is 1. The van der Waals surface area contributed by atoms with Crippen LogP contribution in [0.4, 0.5) is 4.39 Å². The highest BCUT2D eigenvalue weighted by atomic mass is 32.2. The fourth-order valence-electron chi connectivity index (χ4n) is 2.29. The molecule has 0 amide bonds. The van der Waals surface area contributed by atoms with Crippen molar-refractivity contribution in [1.29, 1.82) is 0 Å². The molecule has 1 aromatic heterocycles. The number of aliphatic hydroxyl groups is 1. The Kier molecular flexibility index (Phi) is 3.52. The molecule has 1 saturated heterocycles. The molecule has 0 saturated carbocycles. The van der Waals surface area contributed by atoms with Crippen LogP contribution in [0, 0.1) is 5.82 Å². The number of aromatic nitrogens is 2. The second kappa shape index (κ2) is 5.21. The maximum Gasteiger partial charge on any atom is 0.246 e. The van der Waals surface area contributed by atoms with Gasteiger partial charge in [0.2, 0.25) is 10.0 Å². The van der Waals surface area contributed by atoms with Gasteiger partial charge in [0, 0.05) is 13.1 Å². The summed E-state index contributed by atoms with van der Waals surface area (Å²) < 4.78 is 40.8. The second-order valence-corrected chi connectivity index (χ2v) is 6.82. The first-order chi connectivity index (χ1) is 9.98. The van der Waals surface area contributed by atoms with Gasteiger partial charge in [0.1, 0.15) is 16.4 Å². The van der Waals surface area contributed by atoms with Crippen LogP contribution >= 0.6 is 0 Å². The van der Waals surface area contributed by atoms with Crippen LogP contribution in [0.3, 0.4) is 0 Å². The Bertz CT molecular complexity index is 760. The number of para-hydroxylation sites is 1. The first-order valence-corrected chi connectivity index (χ1v) is 7.90. The third-order valence-corrected chi connectivity index (χ3v) is 5.24. The summed E-state index contributed by atoms with van der Waals surface area (Å²) in [5.41, 5.74) is 0.181. The van der Waals surface area contributed by atoms with Crippen LogP contribution in [-0.4, -0.2) is 46.8 Å². The van der Waals surface area contributed by atoms with Crippen molar-refractivity contribution in [2.24, 2.45) is 0 Å². The van der Waals surface area contributed by atoms with Crippen LogP contribution in [0.25, 0.3) is 5.69 Å². The summed E-state index contributed by atoms with van der Waals surface area (Å²) >= 11 is 0. The van der Waals surface area contributed by atoms with Crippen molar-refractivity contribution in [3.63, 3.8) is 0 Å². The van der Waals surface area contributed by atoms with Gasteiger partial charge in [0.05, 0.1) is 18.5 Å². The molecule has 2 heterocycles. The Morgan fingerprint density at radius 1 is 1.33 bits per heavy atom. The van der Waals surface area contributed by atoms with Crippen LogP contribution in [0.2, 0.25) is 0 Å². The van der Waals surface area contributed by atoms with E-state index >= 15 is 0 Å². The molecular weight excluding hydrogens is 297 g/mol. The van der Waals surface area contributed by atoms with Crippen molar-refractivity contribution >= 4 is 10.0 Å². The largest absolute Gasteiger partial charge is 0.392 e. The minimum Gasteiger partial charge on any atom is -0.392 e. The molecule has 0 unspecified atom stereocenters. The van der Waals surface area contributed by atoms with Crippen molar-refractivity contribution in [3.05, 3.63) is 42.5 Å². The highest BCUT2D eigenvalue weighted by Crippen LogP contribution is 2.22. The van der Waals surface area contributed by atoms with Gasteiger partial charge in [0.25, 0.3) is 0 Å². The predicted octanol–water partition coefficient (Wildman–Crippen LogP) is 0.767. The number of β-amino-alcohol motifs (C(OH)–C–C–N with tert-alkyl or cyclic N) is 1. The molecule has 1 aliphatic rings. The number of hydrogen-bond acceptors (Lipinski definition) is 4. The fourth-order valence-corrected chi connectivity index (χ4v) is 3.71. The molecule has 1 aromatic carbocycles. The van der Waals surface area contributed by atoms with Gasteiger partial charge in [-0.3, -0.25) is 0 Å². The van der Waals surface area contributed by atoms with Crippen LogP contribution in [-0.2, 0) is 10.0 Å². The van der Waals surface area contributed by atoms with E-state index in [0.717, 1.165) is 0 Å². The minimum absolute atomic E-state index is 0.0140. The molecule has 1 aliphatic heterocycles. The van der Waals surface area contributed by atoms with Crippen molar-refractivity contribution in [1.82, 2.24) is 14.1 Å². The quantitative estimate of drug-likeness (QED) is 0.908. The lowest BCUT2D eigenvalue weighted by atomic mass is 10.3. The second-order valence-electron chi connectivity index (χ2n) is 4.88. The van der Waals surface area contributed by atoms with Gasteiger partial charge in [-0.25, -0.2) is 17.5 Å². The van der Waals surface area contributed by atoms with Crippen LogP contribution in [0.15, 0.2) is 41.6 Å². The zero-order chi connectivity index (χ0) is 15.0. The fraction of sp³-hybridized carbons (Fsp3) is 0.308. The van der Waals surface area contributed by atoms with Gasteiger partial charge in [-0.15, -0.1) is 0 Å². The number of rotatable bonds is 3. The third-order valence-electron chi connectivity index (χ3n) is 3.42. The summed E-state index contributed by atoms with van der Waals surface area (Å²) in [4.78, 5) is -0.0140. The van der Waals surface area contributed by atoms with Crippen molar-refractivity contribution in [2.75, 3.05) is 13.1 Å². The molecule has 112 valence electrons. The lowest BCUT2D eigenvalue weighted by molar-refractivity contribution is 0.189. The highest BCUT2D eigenvalue weighted by Gasteiger charge is 2.32. The SMILES string of the molecule is O=S(=O)(c1cnn(-c2ccccc2F)c1)N1CC[C@H](O)C1. The summed E-state index contributed by atoms with van der Waals surface area (Å²) in [6, 6.07) is 5.98. The topological polar surface area (TPSA) is 75.4 Å². The molecule has 0 spiro atoms. The van der Waals surface area contributed by atoms with E-state index in [1.807, 2.05) is 0 Å². The Labute approximate surface area is 121 Å². The Hall–Kier alpha value is -1.77. The summed E-state index contributed by atoms with van der Waals surface area (Å²) in [5, 5.41) is 13.4. The Morgan fingerprint density at radius 2 is 2.10 bits per heavy atom. The standard InChI is InChI=1S/C13H14FN3O3S/c14-12-3-1-2-4-13(12)17-9-11(7-15-17)21(19,20)16-6-5-10(18)8-16/h1-4,7,9-10,18H,5-6,8H2/t10-/m0/s1. The molecule has 1 fully saturated rings. The first-order valence-electron chi connectivity index (χ1n) is 6.46. The van der Waals surface area contributed by atoms with E-state index in [1.54, 1.807) is 12.1 Å². The molecule has 8 heteroatoms. The highest BCUT2D eigenvalue weighted by molar-refractivity contribution is 7.89. The number of nitrogens with zero attached hydrogens (tertiary/aromatic N) is 3. The van der Waals surface area contributed by atoms with Crippen molar-refractivity contribution in [2.45, 2.75) is 17.4 Å². The van der Waals surface area contributed by atoms with Gasteiger partial charge in [-0.05, 0) is 18.6 Å². The predicted molar refractivity (Wildman–Crippen MR) is 72.9 cm³/mol. The van der Waals surface area contributed by atoms with Gasteiger partial charge < -0.3 is 5.11 Å². The monoisotopic (exact) mass is 311 g/mol. The average Bonchev–Trinajstić information content (AvgIpc) is 3.08. The molecule has 3 rings (SSSR count). The van der Waals surface area contributed by atoms with Crippen LogP contribution < -0.4 is 0 Å². The zero-order valence-corrected chi connectivity index (χ0v) is 11.9. The van der Waals surface area contributed by atoms with E-state index in [9.17, 15) is 17.9 Å². The van der Waals surface area contributed by atoms with Gasteiger partial charge in [-0.2, -0.15) is 9.40 Å². The molecule has 6 nitrogen and oxygen atoms in total. The molecule has 1 atom stereocenters. The molecule has 0 aliphatic carbocycles. The molecule has 0 bridgehead atoms. The third kappa shape index (κ3) is 2.57. The van der Waals surface area contributed by atoms with E-state index in [1.165, 1.54) is 33.5 Å². The lowest BCUT2D eigenvalue weighted by Gasteiger charge is -2.13. The van der Waals surface area contributed by atoms with Crippen LogP contribution in [0.5, 0.6) is 0 Å². The maximum atomic E-state index is 13.7. The first kappa shape index (κ1) is 14.2. The van der Waals surface area contributed by atoms with Crippen molar-refractivity contribution in [3.8, 4) is 5.69 Å². The molecule has 2 aromatic rings. The smallest absolute Gasteiger partial charge is 0.246 e. The van der Waals surface area contributed by atoms with Gasteiger partial charge in [0.15, 0.2) is 0 Å². The van der Waals surface area contributed by atoms with E-state index in [4.69, 9.17) is 0 Å². The molecule has 21 heavy (non-hydrogen) atoms. The molecule has 0 radical (unpaired) electrons. The number of benzene rings is 1. The molecular formula is C13H14FN3O3S. The average molecular weight is 311 g/mol. The van der Waals surface area contributed by atoms with Crippen LogP contribution in [0.1, 0.15) is 6.42 Å². The molecule has 1 N–H and O–H groups in total. The van der Waals surface area contributed by atoms with Gasteiger partial charge in [-0.1, -0.05) is 12.1 Å². The van der Waals surface area contributed by atoms with Crippen molar-refractivity contribution < 1.29 is 17.9 Å². The van der Waals surface area contributed by atoms with Gasteiger partial charge >= 0.3 is 0 Å². The maximum absolute atomic E-state index is 13.7. The number of hydrogen-bond donors (Lipinski definition) is 1. The Balaban J connectivity index is 1.93. The number of aliphatic hydroxyl groups excluding tert-OH is 1. The zero-order valence-electron chi connectivity index (χ0n) is 11.1. The minimum atomic E-state index is -3.70. The normalized spacial score (nSPS) is 20.0. The van der Waals surface area contributed by atoms with E-state index in [2.05, 4.69) is 5.10 Å². The summed E-state index contributed by atoms with van der Waals surface area (Å²) in [6.45, 7) is 0.349. The summed E-state index contributed by atoms with van der Waals surface area (Å²) in [6.07, 6.45) is 2.24. The number of sulfonamides is 1.